The highest BCUT2D eigenvalue weighted by Gasteiger charge is 2.35. The number of nitrogens with zero attached hydrogens (tertiary/aromatic N) is 3. The van der Waals surface area contributed by atoms with Gasteiger partial charge in [0.25, 0.3) is 0 Å². The Labute approximate surface area is 166 Å². The molecule has 6 heteroatoms. The zero-order chi connectivity index (χ0) is 19.3. The second-order valence-electron chi connectivity index (χ2n) is 8.34. The molecule has 4 rings (SSSR count). The number of carbonyl (C=O) groups is 1. The van der Waals surface area contributed by atoms with E-state index in [1.165, 1.54) is 5.56 Å². The molecule has 1 saturated carbocycles. The molecule has 1 aromatic carbocycles. The lowest BCUT2D eigenvalue weighted by molar-refractivity contribution is 0.132. The van der Waals surface area contributed by atoms with Crippen LogP contribution in [0.5, 0.6) is 0 Å². The molecular formula is C22H30N4O2. The maximum absolute atomic E-state index is 12.7. The Bertz CT molecular complexity index is 741. The summed E-state index contributed by atoms with van der Waals surface area (Å²) in [7, 11) is 0. The van der Waals surface area contributed by atoms with E-state index in [1.807, 2.05) is 21.7 Å². The summed E-state index contributed by atoms with van der Waals surface area (Å²) in [6, 6.07) is 10.4. The summed E-state index contributed by atoms with van der Waals surface area (Å²) in [5, 5.41) is 13.5. The van der Waals surface area contributed by atoms with E-state index in [-0.39, 0.29) is 12.1 Å². The number of hydrogen-bond donors (Lipinski definition) is 2. The summed E-state index contributed by atoms with van der Waals surface area (Å²) >= 11 is 0. The van der Waals surface area contributed by atoms with Crippen LogP contribution in [0.1, 0.15) is 31.2 Å². The third-order valence-electron chi connectivity index (χ3n) is 6.23. The number of aliphatic hydroxyl groups excluding tert-OH is 1. The van der Waals surface area contributed by atoms with E-state index in [1.54, 1.807) is 12.5 Å². The molecule has 2 N–H and O–H groups in total. The fraction of sp³-hybridized carbons (Fsp3) is 0.545. The standard InChI is InChI=1S/C22H30N4O2/c27-21-14-19(15-25-11-8-23-16-25)13-20(21)24-22(28)26-9-6-18(7-10-26)12-17-4-2-1-3-5-17/h1-5,8,11,16,18-21,27H,6-7,9-10,12-15H2,(H,24,28)/t19?,20-,21-/m1/s1. The van der Waals surface area contributed by atoms with Gasteiger partial charge in [0, 0.05) is 32.0 Å². The molecule has 2 aromatic rings. The third-order valence-corrected chi connectivity index (χ3v) is 6.23. The Morgan fingerprint density at radius 2 is 1.93 bits per heavy atom. The number of benzene rings is 1. The van der Waals surface area contributed by atoms with E-state index >= 15 is 0 Å². The van der Waals surface area contributed by atoms with Gasteiger partial charge in [-0.05, 0) is 49.5 Å². The van der Waals surface area contributed by atoms with Crippen molar-refractivity contribution < 1.29 is 9.90 Å². The van der Waals surface area contributed by atoms with Crippen molar-refractivity contribution in [1.29, 1.82) is 0 Å². The molecule has 3 atom stereocenters. The third kappa shape index (κ3) is 4.73. The van der Waals surface area contributed by atoms with Gasteiger partial charge in [-0.2, -0.15) is 0 Å². The molecule has 0 spiro atoms. The van der Waals surface area contributed by atoms with Crippen LogP contribution in [0.4, 0.5) is 4.79 Å². The number of nitrogens with one attached hydrogen (secondary N) is 1. The predicted molar refractivity (Wildman–Crippen MR) is 108 cm³/mol. The molecule has 6 nitrogen and oxygen atoms in total. The van der Waals surface area contributed by atoms with Crippen LogP contribution in [0.25, 0.3) is 0 Å². The molecule has 1 aliphatic carbocycles. The Hall–Kier alpha value is -2.34. The van der Waals surface area contributed by atoms with Crippen molar-refractivity contribution in [2.24, 2.45) is 11.8 Å². The first-order valence-corrected chi connectivity index (χ1v) is 10.4. The lowest BCUT2D eigenvalue weighted by atomic mass is 9.90. The SMILES string of the molecule is O=C(N[C@@H]1CC(Cn2ccnc2)C[C@H]1O)N1CCC(Cc2ccccc2)CC1. The Kier molecular flexibility index (Phi) is 5.95. The molecule has 1 aliphatic heterocycles. The molecule has 28 heavy (non-hydrogen) atoms. The highest BCUT2D eigenvalue weighted by Crippen LogP contribution is 2.28. The van der Waals surface area contributed by atoms with E-state index < -0.39 is 6.10 Å². The van der Waals surface area contributed by atoms with Crippen molar-refractivity contribution in [2.45, 2.75) is 50.8 Å². The molecular weight excluding hydrogens is 352 g/mol. The van der Waals surface area contributed by atoms with Gasteiger partial charge < -0.3 is 19.9 Å². The highest BCUT2D eigenvalue weighted by atomic mass is 16.3. The van der Waals surface area contributed by atoms with Crippen LogP contribution in [0, 0.1) is 11.8 Å². The normalized spacial score (nSPS) is 25.8. The van der Waals surface area contributed by atoms with E-state index in [4.69, 9.17) is 0 Å². The number of carbonyl (C=O) groups excluding carboxylic acids is 1. The molecule has 0 bridgehead atoms. The van der Waals surface area contributed by atoms with Gasteiger partial charge in [0.1, 0.15) is 0 Å². The van der Waals surface area contributed by atoms with Crippen molar-refractivity contribution in [3.8, 4) is 0 Å². The van der Waals surface area contributed by atoms with Crippen molar-refractivity contribution in [2.75, 3.05) is 13.1 Å². The minimum Gasteiger partial charge on any atom is -0.391 e. The maximum Gasteiger partial charge on any atom is 0.317 e. The maximum atomic E-state index is 12.7. The van der Waals surface area contributed by atoms with E-state index in [9.17, 15) is 9.90 Å². The fourth-order valence-electron chi connectivity index (χ4n) is 4.65. The molecule has 2 aliphatic rings. The predicted octanol–water partition coefficient (Wildman–Crippen LogP) is 2.69. The second kappa shape index (κ2) is 8.78. The van der Waals surface area contributed by atoms with Gasteiger partial charge in [-0.25, -0.2) is 9.78 Å². The first kappa shape index (κ1) is 19.0. The van der Waals surface area contributed by atoms with Crippen LogP contribution in [-0.2, 0) is 13.0 Å². The number of aromatic nitrogens is 2. The molecule has 0 radical (unpaired) electrons. The van der Waals surface area contributed by atoms with Crippen LogP contribution in [0.3, 0.4) is 0 Å². The Morgan fingerprint density at radius 1 is 1.14 bits per heavy atom. The van der Waals surface area contributed by atoms with Gasteiger partial charge in [-0.3, -0.25) is 0 Å². The van der Waals surface area contributed by atoms with Crippen molar-refractivity contribution in [3.63, 3.8) is 0 Å². The van der Waals surface area contributed by atoms with Crippen LogP contribution in [0.2, 0.25) is 0 Å². The molecule has 2 heterocycles. The topological polar surface area (TPSA) is 70.4 Å². The average Bonchev–Trinajstić information content (AvgIpc) is 3.33. The molecule has 1 aromatic heterocycles. The Morgan fingerprint density at radius 3 is 2.64 bits per heavy atom. The zero-order valence-electron chi connectivity index (χ0n) is 16.3. The first-order chi connectivity index (χ1) is 13.7. The van der Waals surface area contributed by atoms with Crippen LogP contribution >= 0.6 is 0 Å². The number of piperidine rings is 1. The van der Waals surface area contributed by atoms with Crippen molar-refractivity contribution in [3.05, 3.63) is 54.6 Å². The summed E-state index contributed by atoms with van der Waals surface area (Å²) in [6.45, 7) is 2.43. The van der Waals surface area contributed by atoms with Crippen LogP contribution < -0.4 is 5.32 Å². The number of urea groups is 1. The minimum absolute atomic E-state index is 0.0227. The number of rotatable bonds is 5. The van der Waals surface area contributed by atoms with Crippen LogP contribution in [-0.4, -0.2) is 50.8 Å². The summed E-state index contributed by atoms with van der Waals surface area (Å²) in [6.07, 6.45) is 9.76. The van der Waals surface area contributed by atoms with E-state index in [0.717, 1.165) is 51.7 Å². The highest BCUT2D eigenvalue weighted by molar-refractivity contribution is 5.74. The van der Waals surface area contributed by atoms with Gasteiger partial charge in [-0.1, -0.05) is 30.3 Å². The molecule has 150 valence electrons. The molecule has 2 fully saturated rings. The first-order valence-electron chi connectivity index (χ1n) is 10.4. The molecule has 1 unspecified atom stereocenters. The monoisotopic (exact) mass is 382 g/mol. The smallest absolute Gasteiger partial charge is 0.317 e. The lowest BCUT2D eigenvalue weighted by Gasteiger charge is -2.33. The van der Waals surface area contributed by atoms with E-state index in [2.05, 4.69) is 34.6 Å². The summed E-state index contributed by atoms with van der Waals surface area (Å²) in [5.41, 5.74) is 1.38. The van der Waals surface area contributed by atoms with Gasteiger partial charge >= 0.3 is 6.03 Å². The van der Waals surface area contributed by atoms with Crippen molar-refractivity contribution in [1.82, 2.24) is 19.8 Å². The number of hydrogen-bond acceptors (Lipinski definition) is 3. The molecule has 2 amide bonds. The summed E-state index contributed by atoms with van der Waals surface area (Å²) in [5.74, 6) is 1.01. The molecule has 1 saturated heterocycles. The second-order valence-corrected chi connectivity index (χ2v) is 8.34. The van der Waals surface area contributed by atoms with Gasteiger partial charge in [0.15, 0.2) is 0 Å². The van der Waals surface area contributed by atoms with Crippen LogP contribution in [0.15, 0.2) is 49.1 Å². The van der Waals surface area contributed by atoms with E-state index in [0.29, 0.717) is 11.8 Å². The van der Waals surface area contributed by atoms with Gasteiger partial charge in [0.05, 0.1) is 18.5 Å². The van der Waals surface area contributed by atoms with Gasteiger partial charge in [-0.15, -0.1) is 0 Å². The zero-order valence-corrected chi connectivity index (χ0v) is 16.3. The number of aliphatic hydroxyl groups is 1. The summed E-state index contributed by atoms with van der Waals surface area (Å²) < 4.78 is 2.04. The number of imidazole rings is 1. The summed E-state index contributed by atoms with van der Waals surface area (Å²) in [4.78, 5) is 18.7. The largest absolute Gasteiger partial charge is 0.391 e. The number of likely N-dealkylation sites (tertiary alicyclic amines) is 1. The fourth-order valence-corrected chi connectivity index (χ4v) is 4.65. The Balaban J connectivity index is 1.22. The van der Waals surface area contributed by atoms with Gasteiger partial charge in [0.2, 0.25) is 0 Å². The number of amides is 2. The average molecular weight is 383 g/mol. The van der Waals surface area contributed by atoms with Crippen molar-refractivity contribution >= 4 is 6.03 Å². The quantitative estimate of drug-likeness (QED) is 0.835. The minimum atomic E-state index is -0.465. The lowest BCUT2D eigenvalue weighted by Crippen LogP contribution is -2.50.